The minimum atomic E-state index is -3.47. The third kappa shape index (κ3) is 4.89. The van der Waals surface area contributed by atoms with Crippen molar-refractivity contribution in [3.63, 3.8) is 0 Å². The van der Waals surface area contributed by atoms with E-state index in [0.717, 1.165) is 16.7 Å². The van der Waals surface area contributed by atoms with E-state index in [1.54, 1.807) is 48.5 Å². The van der Waals surface area contributed by atoms with E-state index in [2.05, 4.69) is 4.72 Å². The van der Waals surface area contributed by atoms with Gasteiger partial charge in [0, 0.05) is 27.6 Å². The maximum absolute atomic E-state index is 12.8. The first-order valence-electron chi connectivity index (χ1n) is 9.75. The fourth-order valence-electron chi connectivity index (χ4n) is 3.51. The zero-order chi connectivity index (χ0) is 22.9. The highest BCUT2D eigenvalue weighted by atomic mass is 35.5. The highest BCUT2D eigenvalue weighted by Gasteiger charge is 2.25. The van der Waals surface area contributed by atoms with Crippen LogP contribution in [-0.4, -0.2) is 21.2 Å². The molecule has 4 rings (SSSR count). The predicted molar refractivity (Wildman–Crippen MR) is 126 cm³/mol. The van der Waals surface area contributed by atoms with Crippen molar-refractivity contribution in [1.29, 1.82) is 0 Å². The second-order valence-corrected chi connectivity index (χ2v) is 10.1. The SMILES string of the molecule is CNS(=O)(=O)c1ccc(COc2ccc3c(c2)C/C(=C\c2cc(Cl)cc(Cl)c2)C3=O)cc1. The minimum absolute atomic E-state index is 0.0241. The summed E-state index contributed by atoms with van der Waals surface area (Å²) in [7, 11) is -2.10. The van der Waals surface area contributed by atoms with Gasteiger partial charge in [-0.05, 0) is 78.3 Å². The van der Waals surface area contributed by atoms with Crippen molar-refractivity contribution >= 4 is 45.1 Å². The Labute approximate surface area is 196 Å². The maximum atomic E-state index is 12.8. The smallest absolute Gasteiger partial charge is 0.240 e. The molecule has 164 valence electrons. The van der Waals surface area contributed by atoms with Gasteiger partial charge in [-0.2, -0.15) is 0 Å². The number of allylic oxidation sites excluding steroid dienone is 1. The van der Waals surface area contributed by atoms with Gasteiger partial charge >= 0.3 is 0 Å². The van der Waals surface area contributed by atoms with Crippen molar-refractivity contribution in [3.8, 4) is 5.75 Å². The Kier molecular flexibility index (Phi) is 6.40. The molecular weight excluding hydrogens is 469 g/mol. The molecule has 8 heteroatoms. The number of ether oxygens (including phenoxy) is 1. The quantitative estimate of drug-likeness (QED) is 0.478. The van der Waals surface area contributed by atoms with Crippen LogP contribution in [0.3, 0.4) is 0 Å². The molecule has 1 N–H and O–H groups in total. The Morgan fingerprint density at radius 1 is 1.00 bits per heavy atom. The van der Waals surface area contributed by atoms with Crippen LogP contribution in [-0.2, 0) is 23.1 Å². The van der Waals surface area contributed by atoms with E-state index in [1.807, 2.05) is 6.07 Å². The number of hydrogen-bond acceptors (Lipinski definition) is 4. The zero-order valence-electron chi connectivity index (χ0n) is 17.1. The molecule has 0 saturated heterocycles. The fraction of sp³-hybridized carbons (Fsp3) is 0.125. The highest BCUT2D eigenvalue weighted by molar-refractivity contribution is 7.89. The summed E-state index contributed by atoms with van der Waals surface area (Å²) in [6, 6.07) is 17.0. The van der Waals surface area contributed by atoms with Crippen molar-refractivity contribution in [2.45, 2.75) is 17.9 Å². The number of sulfonamides is 1. The van der Waals surface area contributed by atoms with Crippen LogP contribution in [0.1, 0.15) is 27.0 Å². The Balaban J connectivity index is 1.47. The number of halogens is 2. The number of ketones is 1. The third-order valence-electron chi connectivity index (χ3n) is 5.13. The van der Waals surface area contributed by atoms with Crippen molar-refractivity contribution in [1.82, 2.24) is 4.72 Å². The van der Waals surface area contributed by atoms with Gasteiger partial charge in [-0.3, -0.25) is 4.79 Å². The topological polar surface area (TPSA) is 72.5 Å². The van der Waals surface area contributed by atoms with Gasteiger partial charge in [-0.1, -0.05) is 35.3 Å². The lowest BCUT2D eigenvalue weighted by Gasteiger charge is -2.09. The number of rotatable bonds is 6. The molecule has 0 radical (unpaired) electrons. The molecule has 1 aliphatic rings. The summed E-state index contributed by atoms with van der Waals surface area (Å²) in [5.41, 5.74) is 3.81. The summed E-state index contributed by atoms with van der Waals surface area (Å²) in [6.45, 7) is 0.274. The van der Waals surface area contributed by atoms with Crippen LogP contribution in [0.15, 0.2) is 71.1 Å². The van der Waals surface area contributed by atoms with Gasteiger partial charge in [0.15, 0.2) is 5.78 Å². The van der Waals surface area contributed by atoms with Crippen LogP contribution in [0.2, 0.25) is 10.0 Å². The summed E-state index contributed by atoms with van der Waals surface area (Å²) < 4.78 is 31.8. The summed E-state index contributed by atoms with van der Waals surface area (Å²) in [4.78, 5) is 13.0. The molecule has 0 spiro atoms. The van der Waals surface area contributed by atoms with Crippen molar-refractivity contribution < 1.29 is 17.9 Å². The molecule has 0 fully saturated rings. The van der Waals surface area contributed by atoms with E-state index in [4.69, 9.17) is 27.9 Å². The molecule has 0 aliphatic heterocycles. The number of carbonyl (C=O) groups excluding carboxylic acids is 1. The monoisotopic (exact) mass is 487 g/mol. The zero-order valence-corrected chi connectivity index (χ0v) is 19.4. The van der Waals surface area contributed by atoms with E-state index < -0.39 is 10.0 Å². The molecule has 0 heterocycles. The first-order valence-corrected chi connectivity index (χ1v) is 12.0. The largest absolute Gasteiger partial charge is 0.489 e. The van der Waals surface area contributed by atoms with E-state index in [9.17, 15) is 13.2 Å². The lowest BCUT2D eigenvalue weighted by Crippen LogP contribution is -2.18. The highest BCUT2D eigenvalue weighted by Crippen LogP contribution is 2.32. The maximum Gasteiger partial charge on any atom is 0.240 e. The van der Waals surface area contributed by atoms with Crippen molar-refractivity contribution in [3.05, 3.63) is 98.5 Å². The van der Waals surface area contributed by atoms with Crippen LogP contribution in [0, 0.1) is 0 Å². The number of carbonyl (C=O) groups is 1. The summed E-state index contributed by atoms with van der Waals surface area (Å²) in [5, 5.41) is 1.03. The van der Waals surface area contributed by atoms with Crippen LogP contribution < -0.4 is 9.46 Å². The average molecular weight is 488 g/mol. The van der Waals surface area contributed by atoms with E-state index in [-0.39, 0.29) is 17.3 Å². The second-order valence-electron chi connectivity index (χ2n) is 7.34. The van der Waals surface area contributed by atoms with E-state index in [0.29, 0.717) is 33.4 Å². The fourth-order valence-corrected chi connectivity index (χ4v) is 4.78. The molecule has 0 bridgehead atoms. The molecule has 5 nitrogen and oxygen atoms in total. The summed E-state index contributed by atoms with van der Waals surface area (Å²) in [5.74, 6) is 0.611. The molecular formula is C24H19Cl2NO4S. The molecule has 0 amide bonds. The number of fused-ring (bicyclic) bond motifs is 1. The van der Waals surface area contributed by atoms with Gasteiger partial charge in [0.25, 0.3) is 0 Å². The third-order valence-corrected chi connectivity index (χ3v) is 6.99. The Morgan fingerprint density at radius 3 is 2.34 bits per heavy atom. The molecule has 0 atom stereocenters. The van der Waals surface area contributed by atoms with Crippen molar-refractivity contribution in [2.75, 3.05) is 7.05 Å². The normalized spacial score (nSPS) is 14.6. The first kappa shape index (κ1) is 22.6. The number of benzene rings is 3. The van der Waals surface area contributed by atoms with E-state index >= 15 is 0 Å². The Bertz CT molecular complexity index is 1310. The lowest BCUT2D eigenvalue weighted by atomic mass is 10.1. The van der Waals surface area contributed by atoms with Gasteiger partial charge in [0.2, 0.25) is 10.0 Å². The Morgan fingerprint density at radius 2 is 1.69 bits per heavy atom. The van der Waals surface area contributed by atoms with E-state index in [1.165, 1.54) is 19.2 Å². The number of hydrogen-bond donors (Lipinski definition) is 1. The molecule has 3 aromatic carbocycles. The van der Waals surface area contributed by atoms with Gasteiger partial charge < -0.3 is 4.74 Å². The molecule has 0 aromatic heterocycles. The van der Waals surface area contributed by atoms with Gasteiger partial charge in [0.1, 0.15) is 12.4 Å². The first-order chi connectivity index (χ1) is 15.2. The lowest BCUT2D eigenvalue weighted by molar-refractivity contribution is 0.104. The van der Waals surface area contributed by atoms with Crippen LogP contribution in [0.25, 0.3) is 6.08 Å². The number of Topliss-reactive ketones (excluding diaryl/α,β-unsaturated/α-hetero) is 1. The molecule has 1 aliphatic carbocycles. The minimum Gasteiger partial charge on any atom is -0.489 e. The number of nitrogens with one attached hydrogen (secondary N) is 1. The predicted octanol–water partition coefficient (Wildman–Crippen LogP) is 5.30. The van der Waals surface area contributed by atoms with Crippen LogP contribution >= 0.6 is 23.2 Å². The Hall–Kier alpha value is -2.64. The molecule has 32 heavy (non-hydrogen) atoms. The summed E-state index contributed by atoms with van der Waals surface area (Å²) in [6.07, 6.45) is 2.30. The van der Waals surface area contributed by atoms with Crippen LogP contribution in [0.4, 0.5) is 0 Å². The average Bonchev–Trinajstić information content (AvgIpc) is 3.06. The van der Waals surface area contributed by atoms with Gasteiger partial charge in [-0.25, -0.2) is 13.1 Å². The van der Waals surface area contributed by atoms with Crippen LogP contribution in [0.5, 0.6) is 5.75 Å². The molecule has 0 unspecified atom stereocenters. The molecule has 3 aromatic rings. The van der Waals surface area contributed by atoms with Gasteiger partial charge in [-0.15, -0.1) is 0 Å². The standard InChI is InChI=1S/C24H19Cl2NO4S/c1-27-32(29,30)22-5-2-15(3-6-22)14-31-21-4-7-23-17(12-21)11-18(24(23)28)8-16-9-19(25)13-20(26)10-16/h2-10,12-13,27H,11,14H2,1H3/b18-8+. The van der Waals surface area contributed by atoms with Crippen molar-refractivity contribution in [2.24, 2.45) is 0 Å². The van der Waals surface area contributed by atoms with Gasteiger partial charge in [0.05, 0.1) is 4.90 Å². The molecule has 0 saturated carbocycles. The summed E-state index contributed by atoms with van der Waals surface area (Å²) >= 11 is 12.1. The second kappa shape index (κ2) is 9.08.